The van der Waals surface area contributed by atoms with Gasteiger partial charge in [0.25, 0.3) is 0 Å². The van der Waals surface area contributed by atoms with E-state index in [0.29, 0.717) is 0 Å². The average Bonchev–Trinajstić information content (AvgIpc) is 3.13. The molecule has 3 nitrogen and oxygen atoms in total. The topological polar surface area (TPSA) is 26.5 Å². The highest BCUT2D eigenvalue weighted by atomic mass is 32.2. The van der Waals surface area contributed by atoms with Gasteiger partial charge in [-0.2, -0.15) is 0 Å². The van der Waals surface area contributed by atoms with Crippen LogP contribution in [-0.4, -0.2) is 16.5 Å². The Bertz CT molecular complexity index is 1280. The number of imidazole rings is 1. The molecule has 0 atom stereocenters. The number of hydrogen-bond acceptors (Lipinski definition) is 3. The number of para-hydroxylation sites is 1. The minimum Gasteiger partial charge on any atom is -0.497 e. The van der Waals surface area contributed by atoms with Crippen molar-refractivity contribution in [3.63, 3.8) is 0 Å². The third-order valence-corrected chi connectivity index (χ3v) is 5.75. The van der Waals surface area contributed by atoms with E-state index in [9.17, 15) is 0 Å². The lowest BCUT2D eigenvalue weighted by molar-refractivity contribution is 0.413. The van der Waals surface area contributed by atoms with Gasteiger partial charge in [0.2, 0.25) is 0 Å². The van der Waals surface area contributed by atoms with E-state index < -0.39 is 0 Å². The first-order chi connectivity index (χ1) is 13.8. The summed E-state index contributed by atoms with van der Waals surface area (Å²) in [7, 11) is 1.69. The van der Waals surface area contributed by atoms with Crippen LogP contribution in [0, 0.1) is 0 Å². The number of hydrogen-bond donors (Lipinski definition) is 0. The Morgan fingerprint density at radius 1 is 0.786 bits per heavy atom. The maximum Gasteiger partial charge on any atom is 0.146 e. The van der Waals surface area contributed by atoms with Crippen molar-refractivity contribution in [1.82, 2.24) is 9.38 Å². The van der Waals surface area contributed by atoms with Crippen LogP contribution < -0.4 is 4.74 Å². The molecule has 0 amide bonds. The van der Waals surface area contributed by atoms with Gasteiger partial charge in [0.15, 0.2) is 0 Å². The summed E-state index contributed by atoms with van der Waals surface area (Å²) in [6, 6.07) is 31.2. The summed E-state index contributed by atoms with van der Waals surface area (Å²) >= 11 is 1.66. The number of ether oxygens (including phenoxy) is 1. The van der Waals surface area contributed by atoms with Crippen LogP contribution in [0.15, 0.2) is 101 Å². The normalized spacial score (nSPS) is 11.2. The van der Waals surface area contributed by atoms with Gasteiger partial charge < -0.3 is 4.74 Å². The largest absolute Gasteiger partial charge is 0.497 e. The van der Waals surface area contributed by atoms with Crippen LogP contribution in [0.25, 0.3) is 27.8 Å². The highest BCUT2D eigenvalue weighted by molar-refractivity contribution is 7.99. The Morgan fingerprint density at radius 3 is 2.46 bits per heavy atom. The quantitative estimate of drug-likeness (QED) is 0.364. The van der Waals surface area contributed by atoms with E-state index in [-0.39, 0.29) is 0 Å². The van der Waals surface area contributed by atoms with Crippen molar-refractivity contribution in [3.05, 3.63) is 91.0 Å². The molecule has 0 aliphatic heterocycles. The van der Waals surface area contributed by atoms with Crippen LogP contribution in [0.4, 0.5) is 0 Å². The van der Waals surface area contributed by atoms with Gasteiger partial charge >= 0.3 is 0 Å². The molecule has 0 saturated heterocycles. The zero-order valence-corrected chi connectivity index (χ0v) is 16.2. The van der Waals surface area contributed by atoms with Gasteiger partial charge in [-0.25, -0.2) is 4.98 Å². The molecule has 3 aromatic carbocycles. The summed E-state index contributed by atoms with van der Waals surface area (Å²) in [5.74, 6) is 1.81. The van der Waals surface area contributed by atoms with Gasteiger partial charge in [-0.1, -0.05) is 72.4 Å². The van der Waals surface area contributed by atoms with E-state index in [1.807, 2.05) is 24.3 Å². The molecule has 5 aromatic rings. The van der Waals surface area contributed by atoms with Crippen molar-refractivity contribution >= 4 is 28.2 Å². The Hall–Kier alpha value is -3.24. The number of pyridine rings is 1. The monoisotopic (exact) mass is 382 g/mol. The highest BCUT2D eigenvalue weighted by Gasteiger charge is 2.16. The predicted molar refractivity (Wildman–Crippen MR) is 115 cm³/mol. The molecular formula is C24H18N2OS. The van der Waals surface area contributed by atoms with E-state index in [1.165, 1.54) is 5.39 Å². The lowest BCUT2D eigenvalue weighted by Crippen LogP contribution is -1.91. The molecule has 2 aromatic heterocycles. The highest BCUT2D eigenvalue weighted by Crippen LogP contribution is 2.36. The van der Waals surface area contributed by atoms with Crippen LogP contribution in [0.5, 0.6) is 5.75 Å². The van der Waals surface area contributed by atoms with Crippen molar-refractivity contribution in [2.24, 2.45) is 0 Å². The first-order valence-electron chi connectivity index (χ1n) is 9.11. The fourth-order valence-corrected chi connectivity index (χ4v) is 4.38. The smallest absolute Gasteiger partial charge is 0.146 e. The number of rotatable bonds is 4. The van der Waals surface area contributed by atoms with Crippen molar-refractivity contribution in [2.75, 3.05) is 7.11 Å². The number of methoxy groups -OCH3 is 1. The second-order valence-corrected chi connectivity index (χ2v) is 7.56. The Balaban J connectivity index is 1.75. The number of aromatic nitrogens is 2. The number of benzene rings is 3. The Morgan fingerprint density at radius 2 is 1.61 bits per heavy atom. The van der Waals surface area contributed by atoms with Crippen molar-refractivity contribution in [2.45, 2.75) is 9.92 Å². The fraction of sp³-hybridized carbons (Fsp3) is 0.0417. The molecule has 28 heavy (non-hydrogen) atoms. The van der Waals surface area contributed by atoms with Crippen molar-refractivity contribution in [1.29, 1.82) is 0 Å². The molecule has 0 radical (unpaired) electrons. The standard InChI is InChI=1S/C24H18N2OS/c1-27-19-11-7-12-20(16-19)28-24-22-15-14-17-8-5-6-13-21(17)26(22)23(25-24)18-9-3-2-4-10-18/h2-16H,1H3. The molecule has 0 spiro atoms. The summed E-state index contributed by atoms with van der Waals surface area (Å²) in [4.78, 5) is 6.15. The van der Waals surface area contributed by atoms with Gasteiger partial charge in [0.05, 0.1) is 18.1 Å². The van der Waals surface area contributed by atoms with Crippen molar-refractivity contribution < 1.29 is 4.74 Å². The SMILES string of the molecule is COc1cccc(Sc2nc(-c3ccccc3)n3c2ccc2ccccc23)c1. The second-order valence-electron chi connectivity index (χ2n) is 6.50. The van der Waals surface area contributed by atoms with Gasteiger partial charge in [0.1, 0.15) is 16.6 Å². The van der Waals surface area contributed by atoms with Gasteiger partial charge in [0, 0.05) is 10.5 Å². The minimum absolute atomic E-state index is 0.849. The third kappa shape index (κ3) is 2.92. The summed E-state index contributed by atoms with van der Waals surface area (Å²) < 4.78 is 7.63. The molecule has 0 aliphatic carbocycles. The number of nitrogens with zero attached hydrogens (tertiary/aromatic N) is 2. The van der Waals surface area contributed by atoms with E-state index in [2.05, 4.69) is 71.1 Å². The summed E-state index contributed by atoms with van der Waals surface area (Å²) in [5.41, 5.74) is 3.36. The van der Waals surface area contributed by atoms with Crippen LogP contribution in [0.3, 0.4) is 0 Å². The fourth-order valence-electron chi connectivity index (χ4n) is 3.44. The predicted octanol–water partition coefficient (Wildman–Crippen LogP) is 6.31. The van der Waals surface area contributed by atoms with Crippen molar-refractivity contribution in [3.8, 4) is 17.1 Å². The van der Waals surface area contributed by atoms with Crippen LogP contribution in [0.1, 0.15) is 0 Å². The Kier molecular flexibility index (Phi) is 4.26. The summed E-state index contributed by atoms with van der Waals surface area (Å²) in [6.45, 7) is 0. The molecule has 0 bridgehead atoms. The molecule has 0 saturated carbocycles. The van der Waals surface area contributed by atoms with Crippen LogP contribution in [-0.2, 0) is 0 Å². The molecule has 0 N–H and O–H groups in total. The Labute approximate surface area is 167 Å². The maximum absolute atomic E-state index is 5.37. The molecule has 5 rings (SSSR count). The van der Waals surface area contributed by atoms with Gasteiger partial charge in [-0.15, -0.1) is 0 Å². The zero-order valence-electron chi connectivity index (χ0n) is 15.4. The number of fused-ring (bicyclic) bond motifs is 3. The molecule has 0 aliphatic rings. The van der Waals surface area contributed by atoms with Gasteiger partial charge in [-0.05, 0) is 35.7 Å². The molecule has 0 unspecified atom stereocenters. The van der Waals surface area contributed by atoms with E-state index in [4.69, 9.17) is 9.72 Å². The zero-order chi connectivity index (χ0) is 18.9. The third-order valence-electron chi connectivity index (χ3n) is 4.77. The first-order valence-corrected chi connectivity index (χ1v) is 9.93. The lowest BCUT2D eigenvalue weighted by Gasteiger charge is -2.06. The van der Waals surface area contributed by atoms with Crippen LogP contribution in [0.2, 0.25) is 0 Å². The van der Waals surface area contributed by atoms with E-state index >= 15 is 0 Å². The first kappa shape index (κ1) is 16.9. The maximum atomic E-state index is 5.37. The summed E-state index contributed by atoms with van der Waals surface area (Å²) in [5, 5.41) is 2.18. The van der Waals surface area contributed by atoms with E-state index in [0.717, 1.165) is 38.1 Å². The molecule has 4 heteroatoms. The van der Waals surface area contributed by atoms with Crippen LogP contribution >= 0.6 is 11.8 Å². The average molecular weight is 382 g/mol. The molecule has 0 fully saturated rings. The van der Waals surface area contributed by atoms with E-state index in [1.54, 1.807) is 18.9 Å². The minimum atomic E-state index is 0.849. The van der Waals surface area contributed by atoms with Gasteiger partial charge in [-0.3, -0.25) is 4.40 Å². The molecule has 2 heterocycles. The summed E-state index contributed by atoms with van der Waals surface area (Å²) in [6.07, 6.45) is 0. The lowest BCUT2D eigenvalue weighted by atomic mass is 10.2. The second kappa shape index (κ2) is 7.06. The molecular weight excluding hydrogens is 364 g/mol. The molecule has 136 valence electrons.